The van der Waals surface area contributed by atoms with Crippen molar-refractivity contribution in [3.8, 4) is 0 Å². The molecule has 0 aliphatic heterocycles. The van der Waals surface area contributed by atoms with Crippen LogP contribution in [0.15, 0.2) is 0 Å². The molecular weight excluding hydrogens is 186 g/mol. The van der Waals surface area contributed by atoms with Gasteiger partial charge >= 0.3 is 0 Å². The van der Waals surface area contributed by atoms with Crippen LogP contribution in [0.3, 0.4) is 0 Å². The molecule has 0 aromatic rings. The molecule has 0 atom stereocenters. The van der Waals surface area contributed by atoms with Crippen molar-refractivity contribution in [2.24, 2.45) is 5.41 Å². The first-order valence-corrected chi connectivity index (χ1v) is 5.38. The van der Waals surface area contributed by atoms with E-state index in [4.69, 9.17) is 11.6 Å². The standard InChI is InChI=1S/C10H20ClNO/c1-4-6-10(2,3)8-12-9(13)5-7-11/h4-8H2,1-3H3,(H,12,13). The monoisotopic (exact) mass is 205 g/mol. The third-order valence-corrected chi connectivity index (χ3v) is 2.20. The fourth-order valence-electron chi connectivity index (χ4n) is 1.28. The number of amides is 1. The minimum Gasteiger partial charge on any atom is -0.356 e. The molecule has 1 N–H and O–H groups in total. The summed E-state index contributed by atoms with van der Waals surface area (Å²) in [7, 11) is 0. The lowest BCUT2D eigenvalue weighted by atomic mass is 9.88. The third kappa shape index (κ3) is 6.88. The molecule has 0 heterocycles. The van der Waals surface area contributed by atoms with Gasteiger partial charge in [-0.25, -0.2) is 0 Å². The van der Waals surface area contributed by atoms with Crippen LogP contribution in [0.1, 0.15) is 40.0 Å². The van der Waals surface area contributed by atoms with E-state index in [9.17, 15) is 4.79 Å². The van der Waals surface area contributed by atoms with E-state index < -0.39 is 0 Å². The molecule has 0 saturated heterocycles. The van der Waals surface area contributed by atoms with Crippen molar-refractivity contribution < 1.29 is 4.79 Å². The largest absolute Gasteiger partial charge is 0.356 e. The van der Waals surface area contributed by atoms with Crippen molar-refractivity contribution in [1.82, 2.24) is 5.32 Å². The Hall–Kier alpha value is -0.240. The quantitative estimate of drug-likeness (QED) is 0.664. The van der Waals surface area contributed by atoms with Gasteiger partial charge in [0.1, 0.15) is 0 Å². The Balaban J connectivity index is 3.67. The summed E-state index contributed by atoms with van der Waals surface area (Å²) in [5, 5.41) is 2.89. The van der Waals surface area contributed by atoms with E-state index in [1.54, 1.807) is 0 Å². The number of rotatable bonds is 6. The molecule has 0 aliphatic carbocycles. The number of alkyl halides is 1. The zero-order valence-corrected chi connectivity index (χ0v) is 9.58. The fraction of sp³-hybridized carbons (Fsp3) is 0.900. The average Bonchev–Trinajstić information content (AvgIpc) is 2.02. The highest BCUT2D eigenvalue weighted by Gasteiger charge is 2.16. The minimum absolute atomic E-state index is 0.0548. The maximum Gasteiger partial charge on any atom is 0.221 e. The van der Waals surface area contributed by atoms with Gasteiger partial charge in [0.05, 0.1) is 0 Å². The SMILES string of the molecule is CCCC(C)(C)CNC(=O)CCCl. The van der Waals surface area contributed by atoms with Gasteiger partial charge in [0.15, 0.2) is 0 Å². The van der Waals surface area contributed by atoms with Crippen LogP contribution in [0.2, 0.25) is 0 Å². The molecule has 0 fully saturated rings. The number of halogens is 1. The predicted molar refractivity (Wildman–Crippen MR) is 57.0 cm³/mol. The Morgan fingerprint density at radius 3 is 2.54 bits per heavy atom. The van der Waals surface area contributed by atoms with Crippen LogP contribution in [0.5, 0.6) is 0 Å². The Bertz CT molecular complexity index is 157. The van der Waals surface area contributed by atoms with E-state index in [-0.39, 0.29) is 11.3 Å². The molecule has 0 saturated carbocycles. The molecule has 1 amide bonds. The van der Waals surface area contributed by atoms with Gasteiger partial charge in [-0.3, -0.25) is 4.79 Å². The second kappa shape index (κ2) is 6.25. The molecule has 78 valence electrons. The van der Waals surface area contributed by atoms with Crippen molar-refractivity contribution in [1.29, 1.82) is 0 Å². The molecular formula is C10H20ClNO. The Morgan fingerprint density at radius 2 is 2.08 bits per heavy atom. The lowest BCUT2D eigenvalue weighted by Gasteiger charge is -2.24. The second-order valence-corrected chi connectivity index (χ2v) is 4.51. The highest BCUT2D eigenvalue weighted by molar-refractivity contribution is 6.18. The van der Waals surface area contributed by atoms with Gasteiger partial charge in [0.2, 0.25) is 5.91 Å². The van der Waals surface area contributed by atoms with Crippen molar-refractivity contribution in [2.45, 2.75) is 40.0 Å². The summed E-state index contributed by atoms with van der Waals surface area (Å²) < 4.78 is 0. The van der Waals surface area contributed by atoms with Crippen LogP contribution in [0.4, 0.5) is 0 Å². The van der Waals surface area contributed by atoms with Crippen LogP contribution < -0.4 is 5.32 Å². The zero-order chi connectivity index (χ0) is 10.3. The van der Waals surface area contributed by atoms with E-state index in [2.05, 4.69) is 26.1 Å². The van der Waals surface area contributed by atoms with Gasteiger partial charge in [-0.05, 0) is 11.8 Å². The smallest absolute Gasteiger partial charge is 0.221 e. The molecule has 13 heavy (non-hydrogen) atoms. The summed E-state index contributed by atoms with van der Waals surface area (Å²) in [6, 6.07) is 0. The van der Waals surface area contributed by atoms with Crippen LogP contribution in [-0.4, -0.2) is 18.3 Å². The first kappa shape index (κ1) is 12.8. The summed E-state index contributed by atoms with van der Waals surface area (Å²) in [6.45, 7) is 7.23. The first-order chi connectivity index (χ1) is 6.02. The molecule has 3 heteroatoms. The maximum absolute atomic E-state index is 11.1. The molecule has 0 aromatic carbocycles. The van der Waals surface area contributed by atoms with Gasteiger partial charge in [-0.15, -0.1) is 11.6 Å². The van der Waals surface area contributed by atoms with Gasteiger partial charge in [-0.1, -0.05) is 27.2 Å². The Morgan fingerprint density at radius 1 is 1.46 bits per heavy atom. The van der Waals surface area contributed by atoms with Gasteiger partial charge in [-0.2, -0.15) is 0 Å². The van der Waals surface area contributed by atoms with Crippen LogP contribution in [0.25, 0.3) is 0 Å². The molecule has 0 radical (unpaired) electrons. The summed E-state index contributed by atoms with van der Waals surface area (Å²) >= 11 is 5.45. The van der Waals surface area contributed by atoms with Gasteiger partial charge in [0.25, 0.3) is 0 Å². The van der Waals surface area contributed by atoms with E-state index in [1.807, 2.05) is 0 Å². The number of carbonyl (C=O) groups is 1. The second-order valence-electron chi connectivity index (χ2n) is 4.13. The van der Waals surface area contributed by atoms with Crippen molar-refractivity contribution >= 4 is 17.5 Å². The molecule has 0 spiro atoms. The number of hydrogen-bond acceptors (Lipinski definition) is 1. The van der Waals surface area contributed by atoms with E-state index in [1.165, 1.54) is 0 Å². The summed E-state index contributed by atoms with van der Waals surface area (Å²) in [4.78, 5) is 11.1. The number of hydrogen-bond donors (Lipinski definition) is 1. The van der Waals surface area contributed by atoms with Crippen molar-refractivity contribution in [3.05, 3.63) is 0 Å². The Labute approximate surface area is 86.0 Å². The summed E-state index contributed by atoms with van der Waals surface area (Å²) in [6.07, 6.45) is 2.70. The van der Waals surface area contributed by atoms with Crippen LogP contribution in [0, 0.1) is 5.41 Å². The van der Waals surface area contributed by atoms with Crippen molar-refractivity contribution in [3.63, 3.8) is 0 Å². The highest BCUT2D eigenvalue weighted by Crippen LogP contribution is 2.20. The molecule has 0 aromatic heterocycles. The molecule has 2 nitrogen and oxygen atoms in total. The van der Waals surface area contributed by atoms with Crippen molar-refractivity contribution in [2.75, 3.05) is 12.4 Å². The Kier molecular flexibility index (Phi) is 6.13. The number of nitrogens with one attached hydrogen (secondary N) is 1. The number of carbonyl (C=O) groups excluding carboxylic acids is 1. The van der Waals surface area contributed by atoms with E-state index in [0.29, 0.717) is 12.3 Å². The lowest BCUT2D eigenvalue weighted by molar-refractivity contribution is -0.121. The van der Waals surface area contributed by atoms with E-state index >= 15 is 0 Å². The third-order valence-electron chi connectivity index (χ3n) is 2.01. The summed E-state index contributed by atoms with van der Waals surface area (Å²) in [5.41, 5.74) is 0.205. The highest BCUT2D eigenvalue weighted by atomic mass is 35.5. The maximum atomic E-state index is 11.1. The minimum atomic E-state index is 0.0548. The van der Waals surface area contributed by atoms with Gasteiger partial charge < -0.3 is 5.32 Å². The normalized spacial score (nSPS) is 11.4. The van der Waals surface area contributed by atoms with Crippen LogP contribution >= 0.6 is 11.6 Å². The topological polar surface area (TPSA) is 29.1 Å². The fourth-order valence-corrected chi connectivity index (χ4v) is 1.45. The molecule has 0 aliphatic rings. The first-order valence-electron chi connectivity index (χ1n) is 4.84. The molecule has 0 bridgehead atoms. The predicted octanol–water partition coefficient (Wildman–Crippen LogP) is 2.56. The lowest BCUT2D eigenvalue weighted by Crippen LogP contribution is -2.33. The summed E-state index contributed by atoms with van der Waals surface area (Å²) in [5.74, 6) is 0.458. The van der Waals surface area contributed by atoms with Crippen LogP contribution in [-0.2, 0) is 4.79 Å². The average molecular weight is 206 g/mol. The van der Waals surface area contributed by atoms with Gasteiger partial charge in [0, 0.05) is 18.8 Å². The molecule has 0 unspecified atom stereocenters. The van der Waals surface area contributed by atoms with E-state index in [0.717, 1.165) is 19.4 Å². The zero-order valence-electron chi connectivity index (χ0n) is 8.82. The molecule has 0 rings (SSSR count).